The van der Waals surface area contributed by atoms with Crippen LogP contribution in [0.2, 0.25) is 0 Å². The molecule has 0 aliphatic carbocycles. The third-order valence-corrected chi connectivity index (χ3v) is 7.92. The van der Waals surface area contributed by atoms with Crippen LogP contribution in [0.5, 0.6) is 0 Å². The van der Waals surface area contributed by atoms with E-state index in [1.807, 2.05) is 13.8 Å². The molecular weight excluding hydrogens is 446 g/mol. The Morgan fingerprint density at radius 2 is 1.34 bits per heavy atom. The molecule has 0 amide bonds. The van der Waals surface area contributed by atoms with Gasteiger partial charge in [0.05, 0.1) is 21.5 Å². The van der Waals surface area contributed by atoms with E-state index in [0.717, 1.165) is 11.1 Å². The first-order valence-electron chi connectivity index (χ1n) is 9.72. The van der Waals surface area contributed by atoms with Gasteiger partial charge < -0.3 is 0 Å². The van der Waals surface area contributed by atoms with E-state index in [-0.39, 0.29) is 9.79 Å². The van der Waals surface area contributed by atoms with Crippen molar-refractivity contribution in [1.82, 2.24) is 8.80 Å². The summed E-state index contributed by atoms with van der Waals surface area (Å²) in [5, 5.41) is 4.50. The Balaban J connectivity index is 1.70. The largest absolute Gasteiger partial charge is 0.276 e. The number of hydrogen-bond donors (Lipinski definition) is 1. The van der Waals surface area contributed by atoms with Crippen molar-refractivity contribution in [3.8, 4) is 0 Å². The molecule has 1 N–H and O–H groups in total. The van der Waals surface area contributed by atoms with Crippen LogP contribution in [0.4, 0.5) is 0 Å². The van der Waals surface area contributed by atoms with Crippen LogP contribution in [0, 0.1) is 13.8 Å². The number of hydrazone groups is 1. The summed E-state index contributed by atoms with van der Waals surface area (Å²) in [6.45, 7) is 3.75. The predicted octanol–water partition coefficient (Wildman–Crippen LogP) is 3.81. The molecule has 0 saturated carbocycles. The van der Waals surface area contributed by atoms with Crippen LogP contribution in [-0.2, 0) is 20.0 Å². The highest BCUT2D eigenvalue weighted by Crippen LogP contribution is 2.25. The van der Waals surface area contributed by atoms with Gasteiger partial charge in [0.25, 0.3) is 20.0 Å². The normalized spacial score (nSPS) is 12.4. The van der Waals surface area contributed by atoms with Gasteiger partial charge in [0, 0.05) is 17.1 Å². The number of nitrogens with zero attached hydrogens (tertiary/aromatic N) is 2. The zero-order valence-corrected chi connectivity index (χ0v) is 19.1. The Bertz CT molecular complexity index is 1520. The average Bonchev–Trinajstić information content (AvgIpc) is 3.14. The van der Waals surface area contributed by atoms with Crippen molar-refractivity contribution >= 4 is 37.2 Å². The molecule has 7 nitrogen and oxygen atoms in total. The van der Waals surface area contributed by atoms with Crippen molar-refractivity contribution in [3.63, 3.8) is 0 Å². The Morgan fingerprint density at radius 3 is 1.97 bits per heavy atom. The molecule has 0 atom stereocenters. The van der Waals surface area contributed by atoms with Crippen LogP contribution in [-0.4, -0.2) is 27.0 Å². The second-order valence-electron chi connectivity index (χ2n) is 7.38. The van der Waals surface area contributed by atoms with Crippen molar-refractivity contribution < 1.29 is 16.8 Å². The third-order valence-electron chi connectivity index (χ3n) is 4.99. The standard InChI is InChI=1S/C23H21N3O4S2/c1-17-7-11-20(12-8-17)31(27,28)25-24-15-19-16-26(23-6-4-3-5-22(19)23)32(29,30)21-13-9-18(2)10-14-21/h3-16,25H,1-2H3/b24-15+. The second kappa shape index (κ2) is 8.25. The number of benzene rings is 3. The first-order chi connectivity index (χ1) is 15.2. The SMILES string of the molecule is Cc1ccc(S(=O)(=O)N/N=C/c2cn(S(=O)(=O)c3ccc(C)cc3)c3ccccc23)cc1. The maximum Gasteiger partial charge on any atom is 0.276 e. The van der Waals surface area contributed by atoms with E-state index < -0.39 is 20.0 Å². The predicted molar refractivity (Wildman–Crippen MR) is 125 cm³/mol. The topological polar surface area (TPSA) is 97.6 Å². The number of rotatable bonds is 6. The average molecular weight is 468 g/mol. The Labute approximate surface area is 187 Å². The van der Waals surface area contributed by atoms with Gasteiger partial charge in [0.15, 0.2) is 0 Å². The van der Waals surface area contributed by atoms with Crippen molar-refractivity contribution in [3.05, 3.63) is 95.7 Å². The van der Waals surface area contributed by atoms with E-state index in [1.54, 1.807) is 60.7 Å². The lowest BCUT2D eigenvalue weighted by atomic mass is 10.2. The molecule has 0 bridgehead atoms. The molecule has 164 valence electrons. The maximum atomic E-state index is 13.2. The molecule has 0 aliphatic rings. The monoisotopic (exact) mass is 467 g/mol. The highest BCUT2D eigenvalue weighted by Gasteiger charge is 2.21. The quantitative estimate of drug-likeness (QED) is 0.344. The number of aromatic nitrogens is 1. The summed E-state index contributed by atoms with van der Waals surface area (Å²) in [4.78, 5) is 2.42. The van der Waals surface area contributed by atoms with Gasteiger partial charge in [-0.05, 0) is 44.2 Å². The van der Waals surface area contributed by atoms with Gasteiger partial charge in [-0.3, -0.25) is 0 Å². The lowest BCUT2D eigenvalue weighted by Crippen LogP contribution is -2.18. The van der Waals surface area contributed by atoms with E-state index in [9.17, 15) is 16.8 Å². The van der Waals surface area contributed by atoms with E-state index in [1.165, 1.54) is 28.5 Å². The van der Waals surface area contributed by atoms with E-state index in [0.29, 0.717) is 16.5 Å². The van der Waals surface area contributed by atoms with Gasteiger partial charge in [-0.25, -0.2) is 17.2 Å². The van der Waals surface area contributed by atoms with Gasteiger partial charge in [0.1, 0.15) is 0 Å². The first kappa shape index (κ1) is 21.8. The zero-order valence-electron chi connectivity index (χ0n) is 17.4. The summed E-state index contributed by atoms with van der Waals surface area (Å²) >= 11 is 0. The van der Waals surface area contributed by atoms with Gasteiger partial charge >= 0.3 is 0 Å². The van der Waals surface area contributed by atoms with Crippen LogP contribution in [0.1, 0.15) is 16.7 Å². The minimum Gasteiger partial charge on any atom is -0.240 e. The molecule has 1 aromatic heterocycles. The number of sulfonamides is 1. The molecular formula is C23H21N3O4S2. The smallest absolute Gasteiger partial charge is 0.240 e. The molecule has 0 saturated heterocycles. The molecule has 0 spiro atoms. The fourth-order valence-electron chi connectivity index (χ4n) is 3.24. The molecule has 1 heterocycles. The maximum absolute atomic E-state index is 13.2. The lowest BCUT2D eigenvalue weighted by Gasteiger charge is -2.07. The number of aryl methyl sites for hydroxylation is 2. The lowest BCUT2D eigenvalue weighted by molar-refractivity contribution is 0.584. The van der Waals surface area contributed by atoms with Crippen LogP contribution >= 0.6 is 0 Å². The molecule has 0 fully saturated rings. The summed E-state index contributed by atoms with van der Waals surface area (Å²) in [6, 6.07) is 19.9. The molecule has 3 aromatic carbocycles. The minimum absolute atomic E-state index is 0.0876. The molecule has 0 radical (unpaired) electrons. The van der Waals surface area contributed by atoms with Gasteiger partial charge in [0.2, 0.25) is 0 Å². The Kier molecular flexibility index (Phi) is 5.62. The van der Waals surface area contributed by atoms with Gasteiger partial charge in [-0.2, -0.15) is 13.5 Å². The Hall–Kier alpha value is -3.43. The zero-order chi connectivity index (χ0) is 22.9. The summed E-state index contributed by atoms with van der Waals surface area (Å²) in [7, 11) is -7.69. The van der Waals surface area contributed by atoms with Crippen molar-refractivity contribution in [2.24, 2.45) is 5.10 Å². The summed E-state index contributed by atoms with van der Waals surface area (Å²) in [5.74, 6) is 0. The van der Waals surface area contributed by atoms with E-state index in [2.05, 4.69) is 9.93 Å². The van der Waals surface area contributed by atoms with E-state index >= 15 is 0 Å². The van der Waals surface area contributed by atoms with Gasteiger partial charge in [-0.1, -0.05) is 53.6 Å². The third kappa shape index (κ3) is 4.17. The van der Waals surface area contributed by atoms with Gasteiger partial charge in [-0.15, -0.1) is 0 Å². The molecule has 4 rings (SSSR count). The number of hydrogen-bond acceptors (Lipinski definition) is 5. The summed E-state index contributed by atoms with van der Waals surface area (Å²) in [6.07, 6.45) is 2.73. The van der Waals surface area contributed by atoms with Crippen molar-refractivity contribution in [1.29, 1.82) is 0 Å². The minimum atomic E-state index is -3.85. The van der Waals surface area contributed by atoms with Crippen LogP contribution in [0.25, 0.3) is 10.9 Å². The summed E-state index contributed by atoms with van der Waals surface area (Å²) < 4.78 is 52.5. The van der Waals surface area contributed by atoms with E-state index in [4.69, 9.17) is 0 Å². The summed E-state index contributed by atoms with van der Waals surface area (Å²) in [5.41, 5.74) is 2.82. The second-order valence-corrected chi connectivity index (χ2v) is 10.9. The van der Waals surface area contributed by atoms with Crippen molar-refractivity contribution in [2.75, 3.05) is 0 Å². The number of nitrogens with one attached hydrogen (secondary N) is 1. The van der Waals surface area contributed by atoms with Crippen molar-refractivity contribution in [2.45, 2.75) is 23.6 Å². The first-order valence-corrected chi connectivity index (χ1v) is 12.6. The highest BCUT2D eigenvalue weighted by atomic mass is 32.2. The van der Waals surface area contributed by atoms with Crippen LogP contribution < -0.4 is 4.83 Å². The fourth-order valence-corrected chi connectivity index (χ4v) is 5.41. The highest BCUT2D eigenvalue weighted by molar-refractivity contribution is 7.90. The fraction of sp³-hybridized carbons (Fsp3) is 0.0870. The molecule has 32 heavy (non-hydrogen) atoms. The van der Waals surface area contributed by atoms with Crippen LogP contribution in [0.15, 0.2) is 93.9 Å². The molecule has 0 unspecified atom stereocenters. The molecule has 9 heteroatoms. The Morgan fingerprint density at radius 1 is 0.781 bits per heavy atom. The number of para-hydroxylation sites is 1. The number of fused-ring (bicyclic) bond motifs is 1. The molecule has 4 aromatic rings. The molecule has 0 aliphatic heterocycles. The van der Waals surface area contributed by atoms with Crippen LogP contribution in [0.3, 0.4) is 0 Å².